The van der Waals surface area contributed by atoms with Gasteiger partial charge in [0, 0.05) is 26.2 Å². The molecule has 0 aromatic heterocycles. The van der Waals surface area contributed by atoms with E-state index in [9.17, 15) is 0 Å². The van der Waals surface area contributed by atoms with Gasteiger partial charge in [-0.25, -0.2) is 0 Å². The first-order chi connectivity index (χ1) is 10.8. The van der Waals surface area contributed by atoms with Crippen LogP contribution in [0.25, 0.3) is 0 Å². The number of nitrogens with zero attached hydrogens (tertiary/aromatic N) is 1. The van der Waals surface area contributed by atoms with Crippen molar-refractivity contribution in [1.82, 2.24) is 4.90 Å². The lowest BCUT2D eigenvalue weighted by Crippen LogP contribution is -2.37. The zero-order valence-corrected chi connectivity index (χ0v) is 13.2. The maximum atomic E-state index is 8.36. The van der Waals surface area contributed by atoms with Crippen molar-refractivity contribution in [3.05, 3.63) is 29.3 Å². The Morgan fingerprint density at radius 1 is 1.45 bits per heavy atom. The van der Waals surface area contributed by atoms with E-state index in [0.717, 1.165) is 44.4 Å². The van der Waals surface area contributed by atoms with Gasteiger partial charge in [0.05, 0.1) is 13.7 Å². The number of hydrogen-bond donors (Lipinski definition) is 1. The van der Waals surface area contributed by atoms with Crippen LogP contribution in [0.3, 0.4) is 0 Å². The zero-order chi connectivity index (χ0) is 15.8. The van der Waals surface area contributed by atoms with Crippen LogP contribution in [-0.2, 0) is 22.5 Å². The van der Waals surface area contributed by atoms with Gasteiger partial charge in [-0.15, -0.1) is 0 Å². The predicted octanol–water partition coefficient (Wildman–Crippen LogP) is 2.18. The average Bonchev–Trinajstić information content (AvgIpc) is 2.56. The van der Waals surface area contributed by atoms with Gasteiger partial charge in [-0.05, 0) is 48.4 Å². The first-order valence-electron chi connectivity index (χ1n) is 7.80. The number of ether oxygens (including phenoxy) is 2. The average molecular weight is 307 g/mol. The van der Waals surface area contributed by atoms with Crippen molar-refractivity contribution in [2.24, 2.45) is 5.92 Å². The topological polar surface area (TPSA) is 59.0 Å². The van der Waals surface area contributed by atoms with E-state index < -0.39 is 0 Å². The molecule has 122 valence electrons. The molecule has 0 spiro atoms. The third-order valence-electron chi connectivity index (χ3n) is 4.28. The smallest absolute Gasteiger partial charge is 0.290 e. The van der Waals surface area contributed by atoms with Gasteiger partial charge in [0.25, 0.3) is 6.47 Å². The summed E-state index contributed by atoms with van der Waals surface area (Å²) in [6.07, 6.45) is 3.69. The molecule has 2 aliphatic rings. The molecule has 0 radical (unpaired) electrons. The summed E-state index contributed by atoms with van der Waals surface area (Å²) in [6.45, 7) is 5.09. The van der Waals surface area contributed by atoms with Crippen LogP contribution in [0.1, 0.15) is 24.0 Å². The molecule has 1 aromatic carbocycles. The normalized spacial score (nSPS) is 21.2. The number of rotatable bonds is 3. The zero-order valence-electron chi connectivity index (χ0n) is 13.2. The molecule has 1 atom stereocenters. The van der Waals surface area contributed by atoms with Crippen LogP contribution in [0.5, 0.6) is 5.75 Å². The quantitative estimate of drug-likeness (QED) is 0.867. The molecule has 1 N–H and O–H groups in total. The lowest BCUT2D eigenvalue weighted by atomic mass is 9.96. The minimum Gasteiger partial charge on any atom is -0.497 e. The van der Waals surface area contributed by atoms with Gasteiger partial charge >= 0.3 is 0 Å². The van der Waals surface area contributed by atoms with E-state index in [1.165, 1.54) is 30.5 Å². The number of methoxy groups -OCH3 is 1. The fourth-order valence-corrected chi connectivity index (χ4v) is 3.19. The fourth-order valence-electron chi connectivity index (χ4n) is 3.19. The third-order valence-corrected chi connectivity index (χ3v) is 4.28. The molecule has 0 bridgehead atoms. The van der Waals surface area contributed by atoms with E-state index in [4.69, 9.17) is 19.4 Å². The summed E-state index contributed by atoms with van der Waals surface area (Å²) in [5, 5.41) is 6.89. The Kier molecular flexibility index (Phi) is 6.68. The lowest BCUT2D eigenvalue weighted by Gasteiger charge is -2.33. The molecule has 1 fully saturated rings. The van der Waals surface area contributed by atoms with E-state index in [2.05, 4.69) is 23.1 Å². The first kappa shape index (κ1) is 16.8. The number of carbonyl (C=O) groups is 1. The Hall–Kier alpha value is -1.59. The third kappa shape index (κ3) is 4.71. The largest absolute Gasteiger partial charge is 0.497 e. The summed E-state index contributed by atoms with van der Waals surface area (Å²) < 4.78 is 10.9. The Labute approximate surface area is 131 Å². The van der Waals surface area contributed by atoms with E-state index >= 15 is 0 Å². The minimum absolute atomic E-state index is 0.250. The van der Waals surface area contributed by atoms with E-state index in [-0.39, 0.29) is 6.47 Å². The summed E-state index contributed by atoms with van der Waals surface area (Å²) in [4.78, 5) is 10.9. The summed E-state index contributed by atoms with van der Waals surface area (Å²) >= 11 is 0. The molecular weight excluding hydrogens is 282 g/mol. The number of hydrogen-bond acceptors (Lipinski definition) is 4. The standard InChI is InChI=1S/C16H23NO2.CH2O2/c1-18-16-5-4-15-11-17(7-6-14(15)9-16)10-13-3-2-8-19-12-13;2-1-3/h4-5,9,13H,2-3,6-8,10-12H2,1H3;1H,(H,2,3). The molecule has 22 heavy (non-hydrogen) atoms. The lowest BCUT2D eigenvalue weighted by molar-refractivity contribution is -0.122. The van der Waals surface area contributed by atoms with Gasteiger partial charge in [0.2, 0.25) is 0 Å². The molecule has 3 rings (SSSR count). The van der Waals surface area contributed by atoms with Crippen LogP contribution in [-0.4, -0.2) is 49.9 Å². The molecule has 1 saturated heterocycles. The van der Waals surface area contributed by atoms with E-state index in [1.807, 2.05) is 0 Å². The van der Waals surface area contributed by atoms with Crippen LogP contribution in [0.4, 0.5) is 0 Å². The van der Waals surface area contributed by atoms with E-state index in [1.54, 1.807) is 7.11 Å². The highest BCUT2D eigenvalue weighted by Crippen LogP contribution is 2.25. The van der Waals surface area contributed by atoms with Gasteiger partial charge < -0.3 is 14.6 Å². The Morgan fingerprint density at radius 2 is 2.27 bits per heavy atom. The van der Waals surface area contributed by atoms with Crippen molar-refractivity contribution in [2.75, 3.05) is 33.4 Å². The van der Waals surface area contributed by atoms with Gasteiger partial charge in [0.1, 0.15) is 5.75 Å². The van der Waals surface area contributed by atoms with Crippen LogP contribution < -0.4 is 4.74 Å². The molecule has 1 aromatic rings. The number of fused-ring (bicyclic) bond motifs is 1. The maximum absolute atomic E-state index is 8.36. The Bertz CT molecular complexity index is 472. The van der Waals surface area contributed by atoms with Gasteiger partial charge in [-0.3, -0.25) is 9.69 Å². The summed E-state index contributed by atoms with van der Waals surface area (Å²) in [5.74, 6) is 1.71. The molecular formula is C17H25NO4. The highest BCUT2D eigenvalue weighted by Gasteiger charge is 2.21. The Balaban J connectivity index is 0.000000545. The van der Waals surface area contributed by atoms with Crippen molar-refractivity contribution in [2.45, 2.75) is 25.8 Å². The molecule has 0 amide bonds. The highest BCUT2D eigenvalue weighted by molar-refractivity contribution is 5.37. The molecule has 0 aliphatic carbocycles. The van der Waals surface area contributed by atoms with Gasteiger partial charge in [-0.2, -0.15) is 0 Å². The molecule has 5 nitrogen and oxygen atoms in total. The van der Waals surface area contributed by atoms with Crippen molar-refractivity contribution in [3.63, 3.8) is 0 Å². The Morgan fingerprint density at radius 3 is 2.95 bits per heavy atom. The molecule has 2 aliphatic heterocycles. The van der Waals surface area contributed by atoms with Gasteiger partial charge in [-0.1, -0.05) is 6.07 Å². The SMILES string of the molecule is COc1ccc2c(c1)CCN(CC1CCCOC1)C2.O=CO. The second-order valence-electron chi connectivity index (χ2n) is 5.81. The van der Waals surface area contributed by atoms with Gasteiger partial charge in [0.15, 0.2) is 0 Å². The molecule has 5 heteroatoms. The summed E-state index contributed by atoms with van der Waals surface area (Å²) in [7, 11) is 1.74. The second-order valence-corrected chi connectivity index (χ2v) is 5.81. The number of benzene rings is 1. The van der Waals surface area contributed by atoms with Crippen LogP contribution in [0, 0.1) is 5.92 Å². The van der Waals surface area contributed by atoms with Crippen molar-refractivity contribution >= 4 is 6.47 Å². The maximum Gasteiger partial charge on any atom is 0.290 e. The summed E-state index contributed by atoms with van der Waals surface area (Å²) in [6, 6.07) is 6.49. The van der Waals surface area contributed by atoms with Crippen LogP contribution >= 0.6 is 0 Å². The molecule has 0 saturated carbocycles. The predicted molar refractivity (Wildman–Crippen MR) is 84.2 cm³/mol. The monoisotopic (exact) mass is 307 g/mol. The van der Waals surface area contributed by atoms with Crippen LogP contribution in [0.2, 0.25) is 0 Å². The van der Waals surface area contributed by atoms with Crippen molar-refractivity contribution < 1.29 is 19.4 Å². The molecule has 1 unspecified atom stereocenters. The van der Waals surface area contributed by atoms with Crippen molar-refractivity contribution in [1.29, 1.82) is 0 Å². The minimum atomic E-state index is -0.250. The first-order valence-corrected chi connectivity index (χ1v) is 7.80. The second kappa shape index (κ2) is 8.76. The summed E-state index contributed by atoms with van der Waals surface area (Å²) in [5.41, 5.74) is 2.92. The molecule has 2 heterocycles. The van der Waals surface area contributed by atoms with E-state index in [0.29, 0.717) is 0 Å². The highest BCUT2D eigenvalue weighted by atomic mass is 16.5. The van der Waals surface area contributed by atoms with Crippen molar-refractivity contribution in [3.8, 4) is 5.75 Å². The fraction of sp³-hybridized carbons (Fsp3) is 0.588. The number of carboxylic acid groups (broad SMARTS) is 1. The van der Waals surface area contributed by atoms with Crippen LogP contribution in [0.15, 0.2) is 18.2 Å².